The number of nitrogens with two attached hydrogens (primary N) is 1. The fourth-order valence-electron chi connectivity index (χ4n) is 5.49. The van der Waals surface area contributed by atoms with Crippen molar-refractivity contribution in [1.82, 2.24) is 25.8 Å². The lowest BCUT2D eigenvalue weighted by molar-refractivity contribution is -0.143. The highest BCUT2D eigenvalue weighted by Crippen LogP contribution is 2.26. The summed E-state index contributed by atoms with van der Waals surface area (Å²) in [6, 6.07) is 11.3. The molecule has 0 saturated carbocycles. The molecule has 2 heterocycles. The van der Waals surface area contributed by atoms with Crippen LogP contribution >= 0.6 is 12.6 Å². The largest absolute Gasteiger partial charge is 0.481 e. The highest BCUT2D eigenvalue weighted by atomic mass is 32.1. The summed E-state index contributed by atoms with van der Waals surface area (Å²) in [5.74, 6) is -4.89. The number of para-hydroxylation sites is 1. The number of aromatic nitrogens is 1. The molecule has 1 aliphatic rings. The van der Waals surface area contributed by atoms with E-state index in [0.717, 1.165) is 16.5 Å². The van der Waals surface area contributed by atoms with Crippen LogP contribution < -0.4 is 21.7 Å². The zero-order valence-corrected chi connectivity index (χ0v) is 25.5. The molecule has 0 aliphatic carbocycles. The van der Waals surface area contributed by atoms with Crippen LogP contribution in [0, 0.1) is 0 Å². The Morgan fingerprint density at radius 2 is 1.64 bits per heavy atom. The van der Waals surface area contributed by atoms with Crippen molar-refractivity contribution in [2.45, 2.75) is 62.0 Å². The van der Waals surface area contributed by atoms with Crippen molar-refractivity contribution in [1.29, 1.82) is 0 Å². The van der Waals surface area contributed by atoms with Gasteiger partial charge in [0.25, 0.3) is 0 Å². The van der Waals surface area contributed by atoms with E-state index in [9.17, 15) is 33.9 Å². The first-order chi connectivity index (χ1) is 21.4. The summed E-state index contributed by atoms with van der Waals surface area (Å²) >= 11 is 4.51. The van der Waals surface area contributed by atoms with Crippen molar-refractivity contribution in [3.63, 3.8) is 0 Å². The maximum Gasteiger partial charge on any atom is 0.305 e. The zero-order chi connectivity index (χ0) is 32.7. The molecule has 5 amide bonds. The Bertz CT molecular complexity index is 1580. The molecule has 2 aromatic carbocycles. The van der Waals surface area contributed by atoms with E-state index in [0.29, 0.717) is 12.0 Å². The van der Waals surface area contributed by atoms with Crippen LogP contribution in [-0.4, -0.2) is 86.5 Å². The van der Waals surface area contributed by atoms with Crippen LogP contribution in [0.1, 0.15) is 30.9 Å². The normalized spacial score (nSPS) is 18.0. The minimum atomic E-state index is -1.58. The van der Waals surface area contributed by atoms with Gasteiger partial charge in [-0.1, -0.05) is 48.5 Å². The smallest absolute Gasteiger partial charge is 0.305 e. The first-order valence-electron chi connectivity index (χ1n) is 14.4. The van der Waals surface area contributed by atoms with Gasteiger partial charge in [-0.2, -0.15) is 12.6 Å². The lowest BCUT2D eigenvalue weighted by Gasteiger charge is -2.31. The molecular formula is C31H36N6O7S. The number of primary amides is 1. The number of carboxylic acid groups (broad SMARTS) is 1. The van der Waals surface area contributed by atoms with E-state index in [4.69, 9.17) is 5.73 Å². The van der Waals surface area contributed by atoms with Gasteiger partial charge in [0, 0.05) is 48.7 Å². The number of carbonyl (C=O) groups is 6. The standard InChI is InChI=1S/C31H36N6O7S/c1-17(38)34-24(14-19-16-33-21-10-6-5-9-20(19)21)31(44)37-12-11-25(45)27(37)30(43)36-23(15-26(39)40)29(42)35-22(28(32)41)13-18-7-3-2-4-8-18/h2-10,16,22-25,27,33,45H,11-15H2,1H3,(H2,32,41)(H,34,38)(H,35,42)(H,36,43)(H,39,40)/t22-,23-,24-,25-,27-/m0/s1. The van der Waals surface area contributed by atoms with E-state index < -0.39 is 71.3 Å². The van der Waals surface area contributed by atoms with Crippen LogP contribution in [0.5, 0.6) is 0 Å². The predicted molar refractivity (Wildman–Crippen MR) is 168 cm³/mol. The second kappa shape index (κ2) is 14.8. The minimum Gasteiger partial charge on any atom is -0.481 e. The van der Waals surface area contributed by atoms with Gasteiger partial charge in [-0.25, -0.2) is 0 Å². The molecule has 0 bridgehead atoms. The average Bonchev–Trinajstić information content (AvgIpc) is 3.59. The quantitative estimate of drug-likeness (QED) is 0.131. The Balaban J connectivity index is 1.51. The number of fused-ring (bicyclic) bond motifs is 1. The molecule has 13 nitrogen and oxygen atoms in total. The second-order valence-electron chi connectivity index (χ2n) is 11.0. The molecular weight excluding hydrogens is 600 g/mol. The number of rotatable bonds is 13. The molecule has 238 valence electrons. The highest BCUT2D eigenvalue weighted by molar-refractivity contribution is 7.81. The number of aromatic amines is 1. The number of amides is 5. The maximum absolute atomic E-state index is 13.9. The van der Waals surface area contributed by atoms with Gasteiger partial charge in [-0.15, -0.1) is 0 Å². The molecule has 14 heteroatoms. The van der Waals surface area contributed by atoms with Crippen LogP contribution in [0.2, 0.25) is 0 Å². The average molecular weight is 637 g/mol. The van der Waals surface area contributed by atoms with Gasteiger partial charge in [0.15, 0.2) is 0 Å². The van der Waals surface area contributed by atoms with Crippen LogP contribution in [0.3, 0.4) is 0 Å². The Morgan fingerprint density at radius 3 is 2.31 bits per heavy atom. The van der Waals surface area contributed by atoms with Crippen molar-refractivity contribution in [3.05, 3.63) is 71.9 Å². The summed E-state index contributed by atoms with van der Waals surface area (Å²) in [6.45, 7) is 1.43. The van der Waals surface area contributed by atoms with Crippen LogP contribution in [0.25, 0.3) is 10.9 Å². The molecule has 1 fully saturated rings. The number of H-pyrrole nitrogens is 1. The minimum absolute atomic E-state index is 0.0558. The van der Waals surface area contributed by atoms with Crippen LogP contribution in [0.4, 0.5) is 0 Å². The van der Waals surface area contributed by atoms with Crippen molar-refractivity contribution < 1.29 is 33.9 Å². The molecule has 1 saturated heterocycles. The number of benzene rings is 2. The number of nitrogens with one attached hydrogen (secondary N) is 4. The molecule has 0 radical (unpaired) electrons. The predicted octanol–water partition coefficient (Wildman–Crippen LogP) is 0.287. The molecule has 4 rings (SSSR count). The lowest BCUT2D eigenvalue weighted by atomic mass is 10.0. The molecule has 1 aromatic heterocycles. The van der Waals surface area contributed by atoms with Crippen LogP contribution in [-0.2, 0) is 41.6 Å². The number of nitrogens with zero attached hydrogens (tertiary/aromatic N) is 1. The van der Waals surface area contributed by atoms with Gasteiger partial charge >= 0.3 is 5.97 Å². The number of hydrogen-bond donors (Lipinski definition) is 7. The highest BCUT2D eigenvalue weighted by Gasteiger charge is 2.43. The first kappa shape index (κ1) is 33.1. The van der Waals surface area contributed by atoms with Crippen molar-refractivity contribution in [2.75, 3.05) is 6.54 Å². The fraction of sp³-hybridized carbons (Fsp3) is 0.355. The molecule has 1 aliphatic heterocycles. The molecule has 0 spiro atoms. The number of carboxylic acids is 1. The van der Waals surface area contributed by atoms with Crippen LogP contribution in [0.15, 0.2) is 60.8 Å². The molecule has 3 aromatic rings. The Hall–Kier alpha value is -4.85. The summed E-state index contributed by atoms with van der Waals surface area (Å²) in [7, 11) is 0. The van der Waals surface area contributed by atoms with E-state index in [2.05, 4.69) is 33.6 Å². The Kier molecular flexibility index (Phi) is 10.8. The summed E-state index contributed by atoms with van der Waals surface area (Å²) in [5, 5.41) is 17.3. The molecule has 5 atom stereocenters. The fourth-order valence-corrected chi connectivity index (χ4v) is 5.90. The molecule has 0 unspecified atom stereocenters. The summed E-state index contributed by atoms with van der Waals surface area (Å²) < 4.78 is 0. The summed E-state index contributed by atoms with van der Waals surface area (Å²) in [6.07, 6.45) is 1.50. The Morgan fingerprint density at radius 1 is 0.956 bits per heavy atom. The number of aliphatic carboxylic acids is 1. The van der Waals surface area contributed by atoms with E-state index in [1.54, 1.807) is 36.5 Å². The third kappa shape index (κ3) is 8.41. The van der Waals surface area contributed by atoms with Gasteiger partial charge in [0.2, 0.25) is 29.5 Å². The summed E-state index contributed by atoms with van der Waals surface area (Å²) in [4.78, 5) is 81.0. The van der Waals surface area contributed by atoms with Gasteiger partial charge in [0.1, 0.15) is 24.2 Å². The third-order valence-electron chi connectivity index (χ3n) is 7.65. The Labute approximate surface area is 264 Å². The van der Waals surface area contributed by atoms with Crippen molar-refractivity contribution in [2.24, 2.45) is 5.73 Å². The van der Waals surface area contributed by atoms with E-state index >= 15 is 0 Å². The molecule has 7 N–H and O–H groups in total. The van der Waals surface area contributed by atoms with Crippen molar-refractivity contribution >= 4 is 59.0 Å². The third-order valence-corrected chi connectivity index (χ3v) is 8.19. The number of hydrogen-bond acceptors (Lipinski definition) is 7. The van der Waals surface area contributed by atoms with E-state index in [-0.39, 0.29) is 19.4 Å². The van der Waals surface area contributed by atoms with E-state index in [1.165, 1.54) is 11.8 Å². The maximum atomic E-state index is 13.9. The topological polar surface area (TPSA) is 204 Å². The SMILES string of the molecule is CC(=O)N[C@@H](Cc1c[nH]c2ccccc12)C(=O)N1CC[C@H](S)[C@H]1C(=O)N[C@@H](CC(=O)O)C(=O)N[C@@H](Cc1ccccc1)C(N)=O. The number of carbonyl (C=O) groups excluding carboxylic acids is 5. The van der Waals surface area contributed by atoms with E-state index in [1.807, 2.05) is 24.3 Å². The zero-order valence-electron chi connectivity index (χ0n) is 24.6. The van der Waals surface area contributed by atoms with Gasteiger partial charge in [-0.05, 0) is 23.6 Å². The lowest BCUT2D eigenvalue weighted by Crippen LogP contribution is -2.59. The summed E-state index contributed by atoms with van der Waals surface area (Å²) in [5.41, 5.74) is 7.86. The van der Waals surface area contributed by atoms with Gasteiger partial charge in [0.05, 0.1) is 6.42 Å². The number of likely N-dealkylation sites (tertiary alicyclic amines) is 1. The molecule has 45 heavy (non-hydrogen) atoms. The van der Waals surface area contributed by atoms with Gasteiger partial charge in [-0.3, -0.25) is 28.8 Å². The second-order valence-corrected chi connectivity index (χ2v) is 11.6. The first-order valence-corrected chi connectivity index (χ1v) is 14.9. The van der Waals surface area contributed by atoms with Gasteiger partial charge < -0.3 is 36.7 Å². The van der Waals surface area contributed by atoms with Crippen molar-refractivity contribution in [3.8, 4) is 0 Å². The monoisotopic (exact) mass is 636 g/mol. The number of thiol groups is 1.